The maximum Gasteiger partial charge on any atom is 0.0644 e. The van der Waals surface area contributed by atoms with Gasteiger partial charge in [-0.05, 0) is 44.6 Å². The van der Waals surface area contributed by atoms with Gasteiger partial charge in [0.1, 0.15) is 0 Å². The predicted octanol–water partition coefficient (Wildman–Crippen LogP) is 4.22. The van der Waals surface area contributed by atoms with Gasteiger partial charge in [0.25, 0.3) is 0 Å². The van der Waals surface area contributed by atoms with E-state index in [1.807, 2.05) is 6.92 Å². The van der Waals surface area contributed by atoms with Crippen LogP contribution in [-0.4, -0.2) is 35.2 Å². The van der Waals surface area contributed by atoms with Crippen LogP contribution in [0.25, 0.3) is 0 Å². The predicted molar refractivity (Wildman–Crippen MR) is 83.5 cm³/mol. The summed E-state index contributed by atoms with van der Waals surface area (Å²) in [6.45, 7) is 12.4. The Kier molecular flexibility index (Phi) is 6.82. The van der Waals surface area contributed by atoms with Crippen molar-refractivity contribution in [2.24, 2.45) is 5.41 Å². The molecular formula is C17H35NO. The zero-order valence-corrected chi connectivity index (χ0v) is 13.7. The molecule has 1 rings (SSSR count). The van der Waals surface area contributed by atoms with Gasteiger partial charge < -0.3 is 10.0 Å². The summed E-state index contributed by atoms with van der Waals surface area (Å²) in [7, 11) is 0. The fourth-order valence-corrected chi connectivity index (χ4v) is 2.78. The van der Waals surface area contributed by atoms with Gasteiger partial charge in [0.2, 0.25) is 0 Å². The molecule has 0 unspecified atom stereocenters. The van der Waals surface area contributed by atoms with Crippen LogP contribution >= 0.6 is 0 Å². The Balaban J connectivity index is 1.92. The van der Waals surface area contributed by atoms with Crippen molar-refractivity contribution in [3.63, 3.8) is 0 Å². The number of rotatable bonds is 7. The molecule has 0 saturated carbocycles. The second kappa shape index (κ2) is 7.64. The lowest BCUT2D eigenvalue weighted by Gasteiger charge is -2.35. The van der Waals surface area contributed by atoms with Crippen molar-refractivity contribution in [1.82, 2.24) is 4.90 Å². The van der Waals surface area contributed by atoms with E-state index in [9.17, 15) is 5.11 Å². The number of hydrogen-bond acceptors (Lipinski definition) is 2. The van der Waals surface area contributed by atoms with E-state index in [1.54, 1.807) is 0 Å². The van der Waals surface area contributed by atoms with Gasteiger partial charge in [0, 0.05) is 13.1 Å². The molecule has 1 heterocycles. The van der Waals surface area contributed by atoms with E-state index in [1.165, 1.54) is 45.1 Å². The number of hydrogen-bond donors (Lipinski definition) is 1. The van der Waals surface area contributed by atoms with Gasteiger partial charge in [0.05, 0.1) is 5.60 Å². The third-order valence-corrected chi connectivity index (χ3v) is 4.33. The van der Waals surface area contributed by atoms with Crippen LogP contribution in [0.2, 0.25) is 0 Å². The quantitative estimate of drug-likeness (QED) is 0.700. The Morgan fingerprint density at radius 1 is 0.947 bits per heavy atom. The second-order valence-corrected chi connectivity index (χ2v) is 7.92. The van der Waals surface area contributed by atoms with Crippen LogP contribution in [0.1, 0.15) is 79.1 Å². The van der Waals surface area contributed by atoms with E-state index in [-0.39, 0.29) is 0 Å². The monoisotopic (exact) mass is 269 g/mol. The van der Waals surface area contributed by atoms with Gasteiger partial charge in [-0.15, -0.1) is 0 Å². The summed E-state index contributed by atoms with van der Waals surface area (Å²) in [4.78, 5) is 2.52. The lowest BCUT2D eigenvalue weighted by molar-refractivity contribution is -0.00554. The number of piperidine rings is 1. The van der Waals surface area contributed by atoms with Crippen LogP contribution in [0.3, 0.4) is 0 Å². The number of likely N-dealkylation sites (tertiary alicyclic amines) is 1. The molecule has 0 bridgehead atoms. The molecule has 1 aliphatic heterocycles. The molecule has 1 saturated heterocycles. The van der Waals surface area contributed by atoms with Gasteiger partial charge in [0.15, 0.2) is 0 Å². The summed E-state index contributed by atoms with van der Waals surface area (Å²) in [6, 6.07) is 0. The highest BCUT2D eigenvalue weighted by atomic mass is 16.3. The first-order valence-electron chi connectivity index (χ1n) is 8.23. The molecule has 2 heteroatoms. The molecule has 0 radical (unpaired) electrons. The molecule has 0 amide bonds. The minimum atomic E-state index is -0.399. The maximum absolute atomic E-state index is 9.90. The lowest BCUT2D eigenvalue weighted by atomic mass is 9.89. The van der Waals surface area contributed by atoms with E-state index >= 15 is 0 Å². The Morgan fingerprint density at radius 3 is 2.05 bits per heavy atom. The molecule has 0 aromatic heterocycles. The first-order chi connectivity index (χ1) is 8.79. The first-order valence-corrected chi connectivity index (χ1v) is 8.23. The van der Waals surface area contributed by atoms with E-state index in [0.717, 1.165) is 25.9 Å². The van der Waals surface area contributed by atoms with Crippen molar-refractivity contribution >= 4 is 0 Å². The van der Waals surface area contributed by atoms with Crippen LogP contribution in [-0.2, 0) is 0 Å². The SMILES string of the molecule is CC(C)(C)CCCCCCCN1CCC(C)(O)CC1. The minimum absolute atomic E-state index is 0.399. The molecule has 114 valence electrons. The van der Waals surface area contributed by atoms with E-state index in [4.69, 9.17) is 0 Å². The summed E-state index contributed by atoms with van der Waals surface area (Å²) in [6.07, 6.45) is 10.1. The highest BCUT2D eigenvalue weighted by molar-refractivity contribution is 4.81. The Bertz CT molecular complexity index is 232. The molecule has 2 nitrogen and oxygen atoms in total. The molecule has 1 aliphatic rings. The lowest BCUT2D eigenvalue weighted by Crippen LogP contribution is -2.42. The van der Waals surface area contributed by atoms with E-state index in [0.29, 0.717) is 5.41 Å². The van der Waals surface area contributed by atoms with Crippen LogP contribution in [0.4, 0.5) is 0 Å². The van der Waals surface area contributed by atoms with Crippen molar-refractivity contribution in [3.05, 3.63) is 0 Å². The Morgan fingerprint density at radius 2 is 1.47 bits per heavy atom. The molecule has 1 fully saturated rings. The molecule has 1 N–H and O–H groups in total. The molecule has 0 aromatic carbocycles. The van der Waals surface area contributed by atoms with E-state index < -0.39 is 5.60 Å². The largest absolute Gasteiger partial charge is 0.390 e. The van der Waals surface area contributed by atoms with Crippen molar-refractivity contribution in [2.75, 3.05) is 19.6 Å². The molecule has 19 heavy (non-hydrogen) atoms. The van der Waals surface area contributed by atoms with Crippen molar-refractivity contribution in [2.45, 2.75) is 84.7 Å². The molecule has 0 aromatic rings. The fraction of sp³-hybridized carbons (Fsp3) is 1.00. The molecule has 0 spiro atoms. The highest BCUT2D eigenvalue weighted by Gasteiger charge is 2.26. The average Bonchev–Trinajstić information content (AvgIpc) is 2.28. The molecule has 0 aliphatic carbocycles. The summed E-state index contributed by atoms with van der Waals surface area (Å²) >= 11 is 0. The van der Waals surface area contributed by atoms with Crippen LogP contribution in [0.15, 0.2) is 0 Å². The van der Waals surface area contributed by atoms with Gasteiger partial charge >= 0.3 is 0 Å². The Hall–Kier alpha value is -0.0800. The normalized spacial score (nSPS) is 20.7. The average molecular weight is 269 g/mol. The van der Waals surface area contributed by atoms with E-state index in [2.05, 4.69) is 25.7 Å². The highest BCUT2D eigenvalue weighted by Crippen LogP contribution is 2.23. The number of nitrogens with zero attached hydrogens (tertiary/aromatic N) is 1. The summed E-state index contributed by atoms with van der Waals surface area (Å²) in [5.74, 6) is 0. The molecule has 0 atom stereocenters. The zero-order valence-electron chi connectivity index (χ0n) is 13.7. The van der Waals surface area contributed by atoms with Gasteiger partial charge in [-0.3, -0.25) is 0 Å². The van der Waals surface area contributed by atoms with Crippen LogP contribution in [0, 0.1) is 5.41 Å². The smallest absolute Gasteiger partial charge is 0.0644 e. The maximum atomic E-state index is 9.90. The van der Waals surface area contributed by atoms with Gasteiger partial charge in [-0.1, -0.05) is 46.5 Å². The number of aliphatic hydroxyl groups is 1. The topological polar surface area (TPSA) is 23.5 Å². The minimum Gasteiger partial charge on any atom is -0.390 e. The summed E-state index contributed by atoms with van der Waals surface area (Å²) in [5, 5.41) is 9.90. The van der Waals surface area contributed by atoms with Crippen LogP contribution in [0.5, 0.6) is 0 Å². The fourth-order valence-electron chi connectivity index (χ4n) is 2.78. The first kappa shape index (κ1) is 17.0. The van der Waals surface area contributed by atoms with Crippen molar-refractivity contribution in [1.29, 1.82) is 0 Å². The van der Waals surface area contributed by atoms with Gasteiger partial charge in [-0.2, -0.15) is 0 Å². The van der Waals surface area contributed by atoms with Crippen molar-refractivity contribution in [3.8, 4) is 0 Å². The molecular weight excluding hydrogens is 234 g/mol. The Labute approximate surface area is 120 Å². The second-order valence-electron chi connectivity index (χ2n) is 7.92. The number of unbranched alkanes of at least 4 members (excludes halogenated alkanes) is 4. The third-order valence-electron chi connectivity index (χ3n) is 4.33. The third kappa shape index (κ3) is 8.65. The summed E-state index contributed by atoms with van der Waals surface area (Å²) < 4.78 is 0. The van der Waals surface area contributed by atoms with Crippen LogP contribution < -0.4 is 0 Å². The van der Waals surface area contributed by atoms with Gasteiger partial charge in [-0.25, -0.2) is 0 Å². The standard InChI is InChI=1S/C17H35NO/c1-16(2,3)10-8-6-5-7-9-13-18-14-11-17(4,19)12-15-18/h19H,5-15H2,1-4H3. The van der Waals surface area contributed by atoms with Crippen molar-refractivity contribution < 1.29 is 5.11 Å². The zero-order chi connectivity index (χ0) is 14.4. The summed E-state index contributed by atoms with van der Waals surface area (Å²) in [5.41, 5.74) is 0.105.